The lowest BCUT2D eigenvalue weighted by Crippen LogP contribution is -2.35. The minimum atomic E-state index is -3.41. The largest absolute Gasteiger partial charge is 0.496 e. The van der Waals surface area contributed by atoms with Crippen LogP contribution < -0.4 is 9.64 Å². The van der Waals surface area contributed by atoms with Crippen molar-refractivity contribution in [3.8, 4) is 5.75 Å². The highest BCUT2D eigenvalue weighted by atomic mass is 127. The van der Waals surface area contributed by atoms with Gasteiger partial charge in [-0.1, -0.05) is 32.0 Å². The molecule has 1 aliphatic heterocycles. The first-order chi connectivity index (χ1) is 11.8. The average molecular weight is 471 g/mol. The predicted octanol–water partition coefficient (Wildman–Crippen LogP) is 4.64. The van der Waals surface area contributed by atoms with Crippen LogP contribution >= 0.6 is 22.6 Å². The highest BCUT2D eigenvalue weighted by Crippen LogP contribution is 2.44. The Morgan fingerprint density at radius 2 is 1.92 bits per heavy atom. The van der Waals surface area contributed by atoms with Gasteiger partial charge in [-0.2, -0.15) is 0 Å². The third-order valence-corrected chi connectivity index (χ3v) is 7.78. The van der Waals surface area contributed by atoms with Crippen LogP contribution in [0.3, 0.4) is 0 Å². The van der Waals surface area contributed by atoms with Gasteiger partial charge in [0.2, 0.25) is 0 Å². The molecule has 0 fully saturated rings. The van der Waals surface area contributed by atoms with E-state index in [4.69, 9.17) is 4.74 Å². The summed E-state index contributed by atoms with van der Waals surface area (Å²) in [6, 6.07) is 13.6. The van der Waals surface area contributed by atoms with Crippen LogP contribution in [0, 0.1) is 8.99 Å². The Bertz CT molecular complexity index is 883. The second-order valence-electron chi connectivity index (χ2n) is 6.80. The van der Waals surface area contributed by atoms with E-state index >= 15 is 0 Å². The highest BCUT2D eigenvalue weighted by Gasteiger charge is 2.39. The topological polar surface area (TPSA) is 46.6 Å². The van der Waals surface area contributed by atoms with Crippen LogP contribution in [-0.2, 0) is 9.84 Å². The van der Waals surface area contributed by atoms with E-state index in [-0.39, 0.29) is 11.2 Å². The van der Waals surface area contributed by atoms with Gasteiger partial charge in [0.15, 0.2) is 9.84 Å². The van der Waals surface area contributed by atoms with Crippen LogP contribution in [0.1, 0.15) is 20.3 Å². The van der Waals surface area contributed by atoms with E-state index in [0.29, 0.717) is 17.2 Å². The molecule has 0 amide bonds. The first-order valence-electron chi connectivity index (χ1n) is 8.22. The maximum Gasteiger partial charge on any atom is 0.181 e. The number of ether oxygens (including phenoxy) is 1. The van der Waals surface area contributed by atoms with Gasteiger partial charge in [-0.3, -0.25) is 0 Å². The van der Waals surface area contributed by atoms with Crippen LogP contribution in [-0.4, -0.2) is 27.8 Å². The van der Waals surface area contributed by atoms with Crippen LogP contribution in [0.25, 0.3) is 0 Å². The van der Waals surface area contributed by atoms with Crippen molar-refractivity contribution in [3.63, 3.8) is 0 Å². The molecule has 3 rings (SSSR count). The standard InChI is InChI=1S/C19H22INO3S/c1-4-19(2)12-21(14-8-6-5-7-9-14)16-10-15(20)17(24-3)11-18(16)25(22,23)13-19/h5-11H,4,12-13H2,1-3H3. The Kier molecular flexibility index (Phi) is 5.03. The molecule has 6 heteroatoms. The average Bonchev–Trinajstić information content (AvgIpc) is 2.67. The number of halogens is 1. The fraction of sp³-hybridized carbons (Fsp3) is 0.368. The molecule has 1 aliphatic rings. The van der Waals surface area contributed by atoms with Gasteiger partial charge in [-0.05, 0) is 52.6 Å². The molecule has 0 aliphatic carbocycles. The number of rotatable bonds is 3. The number of nitrogens with zero attached hydrogens (tertiary/aromatic N) is 1. The van der Waals surface area contributed by atoms with Crippen molar-refractivity contribution in [3.05, 3.63) is 46.0 Å². The molecule has 4 nitrogen and oxygen atoms in total. The number of fused-ring (bicyclic) bond motifs is 1. The van der Waals surface area contributed by atoms with Gasteiger partial charge in [-0.25, -0.2) is 8.42 Å². The van der Waals surface area contributed by atoms with Crippen molar-refractivity contribution < 1.29 is 13.2 Å². The first kappa shape index (κ1) is 18.5. The van der Waals surface area contributed by atoms with Crippen LogP contribution in [0.5, 0.6) is 5.75 Å². The van der Waals surface area contributed by atoms with Gasteiger partial charge in [0, 0.05) is 18.3 Å². The quantitative estimate of drug-likeness (QED) is 0.612. The smallest absolute Gasteiger partial charge is 0.181 e. The van der Waals surface area contributed by atoms with Gasteiger partial charge in [0.25, 0.3) is 0 Å². The van der Waals surface area contributed by atoms with Gasteiger partial charge >= 0.3 is 0 Å². The summed E-state index contributed by atoms with van der Waals surface area (Å²) in [6.45, 7) is 4.76. The third-order valence-electron chi connectivity index (χ3n) is 4.86. The Morgan fingerprint density at radius 3 is 2.52 bits per heavy atom. The second-order valence-corrected chi connectivity index (χ2v) is 9.92. The molecule has 1 heterocycles. The SMILES string of the molecule is CCC1(C)CN(c2ccccc2)c2cc(I)c(OC)cc2S(=O)(=O)C1. The van der Waals surface area contributed by atoms with Gasteiger partial charge in [-0.15, -0.1) is 0 Å². The molecule has 0 saturated carbocycles. The zero-order valence-corrected chi connectivity index (χ0v) is 17.6. The summed E-state index contributed by atoms with van der Waals surface area (Å²) in [5, 5.41) is 0. The zero-order chi connectivity index (χ0) is 18.2. The first-order valence-corrected chi connectivity index (χ1v) is 11.0. The van der Waals surface area contributed by atoms with E-state index in [2.05, 4.69) is 41.3 Å². The van der Waals surface area contributed by atoms with E-state index in [1.165, 1.54) is 0 Å². The molecule has 0 saturated heterocycles. The third kappa shape index (κ3) is 3.51. The minimum absolute atomic E-state index is 0.135. The molecule has 1 atom stereocenters. The molecular weight excluding hydrogens is 449 g/mol. The maximum atomic E-state index is 13.1. The lowest BCUT2D eigenvalue weighted by atomic mass is 9.89. The predicted molar refractivity (Wildman–Crippen MR) is 110 cm³/mol. The molecule has 0 aromatic heterocycles. The lowest BCUT2D eigenvalue weighted by Gasteiger charge is -2.33. The van der Waals surface area contributed by atoms with E-state index in [1.54, 1.807) is 13.2 Å². The monoisotopic (exact) mass is 471 g/mol. The molecule has 0 spiro atoms. The van der Waals surface area contributed by atoms with Gasteiger partial charge in [0.1, 0.15) is 5.75 Å². The van der Waals surface area contributed by atoms with E-state index < -0.39 is 9.84 Å². The summed E-state index contributed by atoms with van der Waals surface area (Å²) in [4.78, 5) is 2.48. The number of methoxy groups -OCH3 is 1. The molecule has 2 aromatic carbocycles. The van der Waals surface area contributed by atoms with E-state index in [1.807, 2.05) is 36.4 Å². The number of hydrogen-bond donors (Lipinski definition) is 0. The van der Waals surface area contributed by atoms with E-state index in [9.17, 15) is 8.42 Å². The summed E-state index contributed by atoms with van der Waals surface area (Å²) in [7, 11) is -1.85. The molecule has 134 valence electrons. The van der Waals surface area contributed by atoms with Crippen molar-refractivity contribution in [2.24, 2.45) is 5.41 Å². The normalized spacial score (nSPS) is 22.2. The molecule has 0 radical (unpaired) electrons. The van der Waals surface area contributed by atoms with Crippen LogP contribution in [0.4, 0.5) is 11.4 Å². The van der Waals surface area contributed by atoms with Crippen molar-refractivity contribution in [2.75, 3.05) is 24.3 Å². The molecule has 1 unspecified atom stereocenters. The Balaban J connectivity index is 2.30. The fourth-order valence-electron chi connectivity index (χ4n) is 3.24. The fourth-order valence-corrected chi connectivity index (χ4v) is 6.06. The number of benzene rings is 2. The highest BCUT2D eigenvalue weighted by molar-refractivity contribution is 14.1. The van der Waals surface area contributed by atoms with Gasteiger partial charge in [0.05, 0.1) is 27.0 Å². The molecule has 0 bridgehead atoms. The Hall–Kier alpha value is -1.28. The van der Waals surface area contributed by atoms with E-state index in [0.717, 1.165) is 21.4 Å². The molecule has 25 heavy (non-hydrogen) atoms. The van der Waals surface area contributed by atoms with Crippen LogP contribution in [0.2, 0.25) is 0 Å². The van der Waals surface area contributed by atoms with Crippen molar-refractivity contribution in [1.82, 2.24) is 0 Å². The number of anilines is 2. The summed E-state index contributed by atoms with van der Waals surface area (Å²) < 4.78 is 32.6. The molecule has 0 N–H and O–H groups in total. The lowest BCUT2D eigenvalue weighted by molar-refractivity contribution is 0.366. The van der Waals surface area contributed by atoms with Crippen molar-refractivity contribution in [2.45, 2.75) is 25.2 Å². The Morgan fingerprint density at radius 1 is 1.24 bits per heavy atom. The van der Waals surface area contributed by atoms with Crippen molar-refractivity contribution >= 4 is 43.8 Å². The Labute approximate surface area is 163 Å². The maximum absolute atomic E-state index is 13.1. The summed E-state index contributed by atoms with van der Waals surface area (Å²) in [5.74, 6) is 0.729. The van der Waals surface area contributed by atoms with Crippen LogP contribution in [0.15, 0.2) is 47.4 Å². The van der Waals surface area contributed by atoms with Crippen molar-refractivity contribution in [1.29, 1.82) is 0 Å². The molecular formula is C19H22INO3S. The number of sulfone groups is 1. The molecule has 2 aromatic rings. The number of hydrogen-bond acceptors (Lipinski definition) is 4. The summed E-state index contributed by atoms with van der Waals surface area (Å²) in [5.41, 5.74) is 1.40. The van der Waals surface area contributed by atoms with Gasteiger partial charge < -0.3 is 9.64 Å². The number of para-hydroxylation sites is 1. The zero-order valence-electron chi connectivity index (χ0n) is 14.6. The second kappa shape index (κ2) is 6.79. The minimum Gasteiger partial charge on any atom is -0.496 e. The summed E-state index contributed by atoms with van der Waals surface area (Å²) in [6.07, 6.45) is 0.789. The summed E-state index contributed by atoms with van der Waals surface area (Å²) >= 11 is 2.19.